The van der Waals surface area contributed by atoms with Gasteiger partial charge in [0, 0.05) is 24.8 Å². The number of amides is 1. The summed E-state index contributed by atoms with van der Waals surface area (Å²) in [6, 6.07) is 21.3. The lowest BCUT2D eigenvalue weighted by Crippen LogP contribution is -2.33. The smallest absolute Gasteiger partial charge is 0.237 e. The summed E-state index contributed by atoms with van der Waals surface area (Å²) in [6.07, 6.45) is 0.285. The third-order valence-electron chi connectivity index (χ3n) is 4.01. The van der Waals surface area contributed by atoms with Gasteiger partial charge >= 0.3 is 0 Å². The second-order valence-electron chi connectivity index (χ2n) is 5.81. The molecule has 1 aromatic heterocycles. The van der Waals surface area contributed by atoms with Crippen LogP contribution in [0.5, 0.6) is 0 Å². The molecule has 0 fully saturated rings. The first-order valence-electron chi connectivity index (χ1n) is 8.50. The molecule has 0 aliphatic rings. The number of hydrogen-bond donors (Lipinski definition) is 0. The first-order chi connectivity index (χ1) is 13.2. The Morgan fingerprint density at radius 3 is 2.44 bits per heavy atom. The standard InChI is InChI=1S/C20H19N5OS/c1-24-19(16-9-4-2-5-10-16)22-23-20(24)27-15-18(26)25(14-8-13-21)17-11-6-3-7-12-17/h2-7,9-12H,8,14-15H2,1H3. The molecule has 0 radical (unpaired) electrons. The molecule has 3 aromatic rings. The van der Waals surface area contributed by atoms with Gasteiger partial charge in [0.15, 0.2) is 11.0 Å². The van der Waals surface area contributed by atoms with Crippen molar-refractivity contribution in [2.24, 2.45) is 7.05 Å². The summed E-state index contributed by atoms with van der Waals surface area (Å²) in [5.74, 6) is 0.918. The quantitative estimate of drug-likeness (QED) is 0.589. The van der Waals surface area contributed by atoms with Crippen LogP contribution in [0.4, 0.5) is 5.69 Å². The van der Waals surface area contributed by atoms with E-state index >= 15 is 0 Å². The molecule has 136 valence electrons. The predicted molar refractivity (Wildman–Crippen MR) is 106 cm³/mol. The first kappa shape index (κ1) is 18.7. The minimum absolute atomic E-state index is 0.0642. The van der Waals surface area contributed by atoms with E-state index in [1.807, 2.05) is 72.3 Å². The van der Waals surface area contributed by atoms with Gasteiger partial charge in [-0.25, -0.2) is 0 Å². The number of aromatic nitrogens is 3. The fourth-order valence-electron chi connectivity index (χ4n) is 2.65. The van der Waals surface area contributed by atoms with Gasteiger partial charge in [0.25, 0.3) is 0 Å². The zero-order valence-electron chi connectivity index (χ0n) is 14.9. The van der Waals surface area contributed by atoms with Crippen LogP contribution < -0.4 is 4.90 Å². The molecule has 1 amide bonds. The highest BCUT2D eigenvalue weighted by atomic mass is 32.2. The van der Waals surface area contributed by atoms with Crippen molar-refractivity contribution < 1.29 is 4.79 Å². The van der Waals surface area contributed by atoms with Crippen molar-refractivity contribution in [1.82, 2.24) is 14.8 Å². The van der Waals surface area contributed by atoms with Crippen LogP contribution in [-0.4, -0.2) is 33.0 Å². The number of anilines is 1. The van der Waals surface area contributed by atoms with E-state index in [9.17, 15) is 4.79 Å². The zero-order valence-corrected chi connectivity index (χ0v) is 15.8. The molecule has 0 aliphatic heterocycles. The van der Waals surface area contributed by atoms with Gasteiger partial charge in [-0.2, -0.15) is 5.26 Å². The normalized spacial score (nSPS) is 10.4. The fourth-order valence-corrected chi connectivity index (χ4v) is 3.44. The largest absolute Gasteiger partial charge is 0.311 e. The van der Waals surface area contributed by atoms with Crippen LogP contribution in [0.25, 0.3) is 11.4 Å². The maximum absolute atomic E-state index is 12.7. The number of thioether (sulfide) groups is 1. The topological polar surface area (TPSA) is 74.8 Å². The van der Waals surface area contributed by atoms with E-state index in [2.05, 4.69) is 16.3 Å². The maximum Gasteiger partial charge on any atom is 0.237 e. The van der Waals surface area contributed by atoms with Crippen molar-refractivity contribution >= 4 is 23.4 Å². The number of hydrogen-bond acceptors (Lipinski definition) is 5. The fraction of sp³-hybridized carbons (Fsp3) is 0.200. The van der Waals surface area contributed by atoms with Crippen LogP contribution in [0, 0.1) is 11.3 Å². The Balaban J connectivity index is 1.71. The Kier molecular flexibility index (Phi) is 6.23. The minimum atomic E-state index is -0.0642. The lowest BCUT2D eigenvalue weighted by molar-refractivity contribution is -0.116. The van der Waals surface area contributed by atoms with Gasteiger partial charge in [-0.15, -0.1) is 10.2 Å². The average molecular weight is 377 g/mol. The molecule has 0 N–H and O–H groups in total. The van der Waals surface area contributed by atoms with Crippen LogP contribution >= 0.6 is 11.8 Å². The third-order valence-corrected chi connectivity index (χ3v) is 5.01. The van der Waals surface area contributed by atoms with E-state index < -0.39 is 0 Å². The third kappa shape index (κ3) is 4.54. The summed E-state index contributed by atoms with van der Waals surface area (Å²) in [5, 5.41) is 18.0. The second-order valence-corrected chi connectivity index (χ2v) is 6.75. The number of carbonyl (C=O) groups excluding carboxylic acids is 1. The highest BCUT2D eigenvalue weighted by Gasteiger charge is 2.18. The molecule has 0 bridgehead atoms. The van der Waals surface area contributed by atoms with Crippen LogP contribution in [0.3, 0.4) is 0 Å². The number of carbonyl (C=O) groups is 1. The van der Waals surface area contributed by atoms with Gasteiger partial charge in [-0.3, -0.25) is 4.79 Å². The molecular weight excluding hydrogens is 358 g/mol. The van der Waals surface area contributed by atoms with Gasteiger partial charge in [-0.05, 0) is 12.1 Å². The minimum Gasteiger partial charge on any atom is -0.311 e. The van der Waals surface area contributed by atoms with Crippen LogP contribution in [0.1, 0.15) is 6.42 Å². The van der Waals surface area contributed by atoms with Crippen molar-refractivity contribution in [3.63, 3.8) is 0 Å². The Hall–Kier alpha value is -3.11. The van der Waals surface area contributed by atoms with E-state index in [-0.39, 0.29) is 18.1 Å². The molecule has 0 unspecified atom stereocenters. The molecule has 0 spiro atoms. The summed E-state index contributed by atoms with van der Waals surface area (Å²) in [7, 11) is 1.89. The highest BCUT2D eigenvalue weighted by molar-refractivity contribution is 7.99. The lowest BCUT2D eigenvalue weighted by atomic mass is 10.2. The number of benzene rings is 2. The second kappa shape index (κ2) is 9.01. The van der Waals surface area contributed by atoms with E-state index in [1.165, 1.54) is 11.8 Å². The molecule has 0 atom stereocenters. The number of nitrogens with zero attached hydrogens (tertiary/aromatic N) is 5. The van der Waals surface area contributed by atoms with E-state index in [1.54, 1.807) is 4.90 Å². The van der Waals surface area contributed by atoms with Crippen molar-refractivity contribution in [3.8, 4) is 17.5 Å². The molecule has 0 aliphatic carbocycles. The molecule has 27 heavy (non-hydrogen) atoms. The van der Waals surface area contributed by atoms with Crippen molar-refractivity contribution in [2.75, 3.05) is 17.2 Å². The van der Waals surface area contributed by atoms with Gasteiger partial charge in [0.2, 0.25) is 5.91 Å². The highest BCUT2D eigenvalue weighted by Crippen LogP contribution is 2.23. The van der Waals surface area contributed by atoms with Gasteiger partial charge in [0.1, 0.15) is 0 Å². The number of para-hydroxylation sites is 1. The molecule has 1 heterocycles. The van der Waals surface area contributed by atoms with Gasteiger partial charge in [-0.1, -0.05) is 60.3 Å². The summed E-state index contributed by atoms with van der Waals surface area (Å²) in [5.41, 5.74) is 1.77. The Morgan fingerprint density at radius 1 is 1.11 bits per heavy atom. The van der Waals surface area contributed by atoms with Crippen LogP contribution in [0.15, 0.2) is 65.8 Å². The van der Waals surface area contributed by atoms with Crippen molar-refractivity contribution in [2.45, 2.75) is 11.6 Å². The molecule has 0 saturated heterocycles. The van der Waals surface area contributed by atoms with E-state index in [4.69, 9.17) is 5.26 Å². The van der Waals surface area contributed by atoms with Gasteiger partial charge < -0.3 is 9.47 Å². The summed E-state index contributed by atoms with van der Waals surface area (Å²) in [4.78, 5) is 14.4. The monoisotopic (exact) mass is 377 g/mol. The molecule has 2 aromatic carbocycles. The molecule has 0 saturated carbocycles. The molecule has 6 nitrogen and oxygen atoms in total. The summed E-state index contributed by atoms with van der Waals surface area (Å²) in [6.45, 7) is 0.369. The van der Waals surface area contributed by atoms with E-state index in [0.29, 0.717) is 11.7 Å². The van der Waals surface area contributed by atoms with Crippen LogP contribution in [0.2, 0.25) is 0 Å². The van der Waals surface area contributed by atoms with Crippen molar-refractivity contribution in [3.05, 3.63) is 60.7 Å². The number of nitriles is 1. The molecule has 3 rings (SSSR count). The average Bonchev–Trinajstić information content (AvgIpc) is 3.08. The SMILES string of the molecule is Cn1c(SCC(=O)N(CCC#N)c2ccccc2)nnc1-c1ccccc1. The summed E-state index contributed by atoms with van der Waals surface area (Å²) >= 11 is 1.34. The lowest BCUT2D eigenvalue weighted by Gasteiger charge is -2.21. The summed E-state index contributed by atoms with van der Waals surface area (Å²) < 4.78 is 1.88. The Labute approximate surface area is 162 Å². The maximum atomic E-state index is 12.7. The van der Waals surface area contributed by atoms with Gasteiger partial charge in [0.05, 0.1) is 18.2 Å². The Morgan fingerprint density at radius 2 is 1.78 bits per heavy atom. The van der Waals surface area contributed by atoms with E-state index in [0.717, 1.165) is 17.1 Å². The zero-order chi connectivity index (χ0) is 19.1. The van der Waals surface area contributed by atoms with Crippen molar-refractivity contribution in [1.29, 1.82) is 5.26 Å². The van der Waals surface area contributed by atoms with Crippen LogP contribution in [-0.2, 0) is 11.8 Å². The first-order valence-corrected chi connectivity index (χ1v) is 9.49. The molecular formula is C20H19N5OS. The Bertz CT molecular complexity index is 934. The molecule has 7 heteroatoms. The number of rotatable bonds is 7. The predicted octanol–water partition coefficient (Wildman–Crippen LogP) is 3.52.